The number of hydrogen-bond donors (Lipinski definition) is 2. The minimum absolute atomic E-state index is 0.188. The fourth-order valence-corrected chi connectivity index (χ4v) is 2.98. The number of carbonyl (C=O) groups is 1. The van der Waals surface area contributed by atoms with Gasteiger partial charge in [-0.05, 0) is 67.9 Å². The highest BCUT2D eigenvalue weighted by Gasteiger charge is 2.15. The van der Waals surface area contributed by atoms with Crippen LogP contribution in [0.25, 0.3) is 6.08 Å². The third-order valence-electron chi connectivity index (χ3n) is 4.31. The van der Waals surface area contributed by atoms with Gasteiger partial charge in [-0.2, -0.15) is 0 Å². The van der Waals surface area contributed by atoms with E-state index in [0.29, 0.717) is 6.61 Å². The number of anilines is 1. The Bertz CT molecular complexity index is 826. The molecule has 3 rings (SSSR count). The van der Waals surface area contributed by atoms with Crippen molar-refractivity contribution in [3.63, 3.8) is 0 Å². The normalized spacial score (nSPS) is 16.1. The first-order chi connectivity index (χ1) is 13.6. The molecule has 6 heteroatoms. The zero-order valence-corrected chi connectivity index (χ0v) is 16.6. The van der Waals surface area contributed by atoms with Gasteiger partial charge in [-0.15, -0.1) is 0 Å². The molecule has 1 aliphatic heterocycles. The number of carbonyl (C=O) groups excluding carboxylic acids is 1. The lowest BCUT2D eigenvalue weighted by Gasteiger charge is -2.12. The van der Waals surface area contributed by atoms with E-state index in [2.05, 4.69) is 10.6 Å². The molecule has 1 unspecified atom stereocenters. The van der Waals surface area contributed by atoms with Crippen LogP contribution in [-0.2, 0) is 9.53 Å². The summed E-state index contributed by atoms with van der Waals surface area (Å²) in [7, 11) is 0. The molecule has 2 aromatic carbocycles. The number of nitrogens with one attached hydrogen (secondary N) is 2. The van der Waals surface area contributed by atoms with E-state index >= 15 is 0 Å². The Balaban J connectivity index is 1.43. The Hall–Kier alpha value is -2.70. The molecule has 146 valence electrons. The molecule has 0 aliphatic carbocycles. The van der Waals surface area contributed by atoms with Crippen LogP contribution in [0.4, 0.5) is 5.69 Å². The molecule has 1 amide bonds. The third-order valence-corrected chi connectivity index (χ3v) is 4.52. The lowest BCUT2D eigenvalue weighted by Crippen LogP contribution is -2.32. The maximum absolute atomic E-state index is 12.0. The summed E-state index contributed by atoms with van der Waals surface area (Å²) < 4.78 is 11.3. The highest BCUT2D eigenvalue weighted by molar-refractivity contribution is 7.80. The summed E-state index contributed by atoms with van der Waals surface area (Å²) in [6.45, 7) is 3.40. The van der Waals surface area contributed by atoms with Gasteiger partial charge in [0.15, 0.2) is 5.11 Å². The fourth-order valence-electron chi connectivity index (χ4n) is 2.76. The molecule has 1 saturated heterocycles. The summed E-state index contributed by atoms with van der Waals surface area (Å²) in [4.78, 5) is 12.0. The molecule has 0 aromatic heterocycles. The Morgan fingerprint density at radius 1 is 1.21 bits per heavy atom. The van der Waals surface area contributed by atoms with Gasteiger partial charge in [-0.1, -0.05) is 29.8 Å². The monoisotopic (exact) mass is 396 g/mol. The maximum atomic E-state index is 12.0. The molecule has 0 spiro atoms. The van der Waals surface area contributed by atoms with Crippen LogP contribution in [0.15, 0.2) is 54.6 Å². The van der Waals surface area contributed by atoms with Crippen molar-refractivity contribution in [2.24, 2.45) is 0 Å². The van der Waals surface area contributed by atoms with Gasteiger partial charge in [0.1, 0.15) is 12.4 Å². The zero-order valence-electron chi connectivity index (χ0n) is 15.8. The Labute approximate surface area is 170 Å². The highest BCUT2D eigenvalue weighted by atomic mass is 32.1. The standard InChI is InChI=1S/C22H24N2O3S/c1-16-4-6-17(7-5-16)8-13-21(25)24-22(28)23-18-9-11-19(12-10-18)27-15-20-3-2-14-26-20/h4-13,20H,2-3,14-15H2,1H3,(H2,23,24,25,28)/b13-8+. The summed E-state index contributed by atoms with van der Waals surface area (Å²) >= 11 is 5.19. The number of hydrogen-bond acceptors (Lipinski definition) is 4. The van der Waals surface area contributed by atoms with Crippen molar-refractivity contribution in [2.75, 3.05) is 18.5 Å². The van der Waals surface area contributed by atoms with Crippen LogP contribution in [0, 0.1) is 6.92 Å². The van der Waals surface area contributed by atoms with Gasteiger partial charge in [-0.3, -0.25) is 10.1 Å². The number of thiocarbonyl (C=S) groups is 1. The molecule has 0 radical (unpaired) electrons. The van der Waals surface area contributed by atoms with Crippen molar-refractivity contribution in [1.29, 1.82) is 0 Å². The number of aryl methyl sites for hydroxylation is 1. The molecule has 2 aromatic rings. The molecular formula is C22H24N2O3S. The van der Waals surface area contributed by atoms with E-state index in [1.807, 2.05) is 55.5 Å². The van der Waals surface area contributed by atoms with E-state index in [1.165, 1.54) is 11.6 Å². The summed E-state index contributed by atoms with van der Waals surface area (Å²) in [5, 5.41) is 5.86. The summed E-state index contributed by atoms with van der Waals surface area (Å²) in [5.41, 5.74) is 2.91. The molecule has 2 N–H and O–H groups in total. The molecule has 28 heavy (non-hydrogen) atoms. The minimum Gasteiger partial charge on any atom is -0.491 e. The van der Waals surface area contributed by atoms with Crippen molar-refractivity contribution < 1.29 is 14.3 Å². The van der Waals surface area contributed by atoms with Crippen LogP contribution in [0.5, 0.6) is 5.75 Å². The molecule has 1 fully saturated rings. The van der Waals surface area contributed by atoms with Crippen molar-refractivity contribution in [2.45, 2.75) is 25.9 Å². The van der Waals surface area contributed by atoms with Gasteiger partial charge in [0.25, 0.3) is 0 Å². The Morgan fingerprint density at radius 3 is 2.64 bits per heavy atom. The molecule has 1 heterocycles. The SMILES string of the molecule is Cc1ccc(/C=C/C(=O)NC(=S)Nc2ccc(OCC3CCCO3)cc2)cc1. The first-order valence-electron chi connectivity index (χ1n) is 9.30. The second-order valence-corrected chi connectivity index (χ2v) is 7.07. The lowest BCUT2D eigenvalue weighted by molar-refractivity contribution is -0.115. The predicted molar refractivity (Wildman–Crippen MR) is 115 cm³/mol. The fraction of sp³-hybridized carbons (Fsp3) is 0.273. The van der Waals surface area contributed by atoms with Crippen LogP contribution in [0.2, 0.25) is 0 Å². The first-order valence-corrected chi connectivity index (χ1v) is 9.70. The number of amides is 1. The van der Waals surface area contributed by atoms with Crippen molar-refractivity contribution in [1.82, 2.24) is 5.32 Å². The van der Waals surface area contributed by atoms with Gasteiger partial charge in [0.2, 0.25) is 5.91 Å². The smallest absolute Gasteiger partial charge is 0.250 e. The summed E-state index contributed by atoms with van der Waals surface area (Å²) in [6, 6.07) is 15.3. The van der Waals surface area contributed by atoms with Crippen molar-refractivity contribution in [3.05, 3.63) is 65.7 Å². The zero-order chi connectivity index (χ0) is 19.8. The van der Waals surface area contributed by atoms with Crippen LogP contribution in [-0.4, -0.2) is 30.3 Å². The Kier molecular flexibility index (Phi) is 7.17. The number of benzene rings is 2. The van der Waals surface area contributed by atoms with E-state index in [9.17, 15) is 4.79 Å². The Morgan fingerprint density at radius 2 is 1.96 bits per heavy atom. The molecule has 1 aliphatic rings. The van der Waals surface area contributed by atoms with E-state index in [0.717, 1.165) is 36.4 Å². The third kappa shape index (κ3) is 6.48. The van der Waals surface area contributed by atoms with Crippen LogP contribution in [0.3, 0.4) is 0 Å². The topological polar surface area (TPSA) is 59.6 Å². The van der Waals surface area contributed by atoms with Crippen LogP contribution in [0.1, 0.15) is 24.0 Å². The molecular weight excluding hydrogens is 372 g/mol. The molecule has 5 nitrogen and oxygen atoms in total. The van der Waals surface area contributed by atoms with Gasteiger partial charge in [-0.25, -0.2) is 0 Å². The predicted octanol–water partition coefficient (Wildman–Crippen LogP) is 4.08. The van der Waals surface area contributed by atoms with Crippen LogP contribution < -0.4 is 15.4 Å². The van der Waals surface area contributed by atoms with E-state index in [1.54, 1.807) is 6.08 Å². The first kappa shape index (κ1) is 20.0. The minimum atomic E-state index is -0.283. The number of rotatable bonds is 6. The van der Waals surface area contributed by atoms with Crippen molar-refractivity contribution in [3.8, 4) is 5.75 Å². The largest absolute Gasteiger partial charge is 0.491 e. The maximum Gasteiger partial charge on any atom is 0.250 e. The lowest BCUT2D eigenvalue weighted by atomic mass is 10.1. The van der Waals surface area contributed by atoms with E-state index < -0.39 is 0 Å². The highest BCUT2D eigenvalue weighted by Crippen LogP contribution is 2.18. The van der Waals surface area contributed by atoms with Gasteiger partial charge in [0, 0.05) is 18.4 Å². The quantitative estimate of drug-likeness (QED) is 0.569. The van der Waals surface area contributed by atoms with E-state index in [4.69, 9.17) is 21.7 Å². The summed E-state index contributed by atoms with van der Waals surface area (Å²) in [5.74, 6) is 0.492. The van der Waals surface area contributed by atoms with Gasteiger partial charge < -0.3 is 14.8 Å². The second kappa shape index (κ2) is 10.0. The van der Waals surface area contributed by atoms with Gasteiger partial charge in [0.05, 0.1) is 6.10 Å². The average molecular weight is 397 g/mol. The molecule has 0 saturated carbocycles. The molecule has 0 bridgehead atoms. The number of ether oxygens (including phenoxy) is 2. The second-order valence-electron chi connectivity index (χ2n) is 6.66. The van der Waals surface area contributed by atoms with Crippen molar-refractivity contribution >= 4 is 35.0 Å². The average Bonchev–Trinajstić information content (AvgIpc) is 3.20. The van der Waals surface area contributed by atoms with Crippen LogP contribution >= 0.6 is 12.2 Å². The van der Waals surface area contributed by atoms with E-state index in [-0.39, 0.29) is 17.1 Å². The molecule has 1 atom stereocenters. The summed E-state index contributed by atoms with van der Waals surface area (Å²) in [6.07, 6.45) is 5.54. The van der Waals surface area contributed by atoms with Gasteiger partial charge >= 0.3 is 0 Å².